The average Bonchev–Trinajstić information content (AvgIpc) is 3.26. The lowest BCUT2D eigenvalue weighted by molar-refractivity contribution is -0.113. The summed E-state index contributed by atoms with van der Waals surface area (Å²) >= 11 is 1.29. The van der Waals surface area contributed by atoms with E-state index in [2.05, 4.69) is 25.5 Å². The third-order valence-electron chi connectivity index (χ3n) is 4.13. The van der Waals surface area contributed by atoms with Gasteiger partial charge in [-0.3, -0.25) is 10.1 Å². The maximum atomic E-state index is 12.4. The molecule has 0 unspecified atom stereocenters. The summed E-state index contributed by atoms with van der Waals surface area (Å²) < 4.78 is 6.89. The first kappa shape index (κ1) is 18.4. The second kappa shape index (κ2) is 6.90. The lowest BCUT2D eigenvalue weighted by atomic mass is 9.92. The Morgan fingerprint density at radius 2 is 2.04 bits per heavy atom. The third kappa shape index (κ3) is 3.57. The Hall–Kier alpha value is -2.94. The number of para-hydroxylation sites is 1. The number of hydrogen-bond donors (Lipinski definition) is 1. The highest BCUT2D eigenvalue weighted by Gasteiger charge is 2.20. The molecule has 1 aromatic carbocycles. The van der Waals surface area contributed by atoms with Crippen molar-refractivity contribution in [2.75, 3.05) is 11.1 Å². The Bertz CT molecular complexity index is 1170. The Balaban J connectivity index is 1.53. The Morgan fingerprint density at radius 3 is 2.79 bits per heavy atom. The molecule has 4 aromatic rings. The molecule has 0 atom stereocenters. The van der Waals surface area contributed by atoms with E-state index in [1.807, 2.05) is 52.0 Å². The number of thioether (sulfide) groups is 1. The Labute approximate surface area is 165 Å². The van der Waals surface area contributed by atoms with E-state index in [4.69, 9.17) is 4.52 Å². The molecule has 9 heteroatoms. The summed E-state index contributed by atoms with van der Waals surface area (Å²) in [7, 11) is 0. The highest BCUT2D eigenvalue weighted by molar-refractivity contribution is 7.99. The van der Waals surface area contributed by atoms with E-state index in [1.165, 1.54) is 11.8 Å². The molecule has 0 aliphatic rings. The fourth-order valence-corrected chi connectivity index (χ4v) is 3.46. The summed E-state index contributed by atoms with van der Waals surface area (Å²) in [6, 6.07) is 9.50. The molecule has 4 rings (SSSR count). The molecule has 0 radical (unpaired) electrons. The van der Waals surface area contributed by atoms with Crippen LogP contribution in [0.4, 0.5) is 5.88 Å². The largest absolute Gasteiger partial charge is 0.338 e. The fourth-order valence-electron chi connectivity index (χ4n) is 2.72. The Morgan fingerprint density at radius 1 is 1.25 bits per heavy atom. The van der Waals surface area contributed by atoms with Gasteiger partial charge in [0.2, 0.25) is 11.8 Å². The number of fused-ring (bicyclic) bond motifs is 3. The van der Waals surface area contributed by atoms with Crippen molar-refractivity contribution < 1.29 is 9.32 Å². The molecule has 0 spiro atoms. The summed E-state index contributed by atoms with van der Waals surface area (Å²) in [6.07, 6.45) is 0. The zero-order chi connectivity index (χ0) is 19.9. The molecular formula is C19H20N6O2S. The van der Waals surface area contributed by atoms with Gasteiger partial charge in [0.1, 0.15) is 5.82 Å². The van der Waals surface area contributed by atoms with Gasteiger partial charge < -0.3 is 4.52 Å². The van der Waals surface area contributed by atoms with Gasteiger partial charge in [-0.25, -0.2) is 9.97 Å². The van der Waals surface area contributed by atoms with Gasteiger partial charge in [0.25, 0.3) is 0 Å². The van der Waals surface area contributed by atoms with E-state index in [0.717, 1.165) is 22.2 Å². The predicted octanol–water partition coefficient (Wildman–Crippen LogP) is 3.60. The number of carbonyl (C=O) groups excluding carboxylic acids is 1. The van der Waals surface area contributed by atoms with Crippen LogP contribution in [0.25, 0.3) is 16.6 Å². The number of nitrogens with zero attached hydrogens (tertiary/aromatic N) is 5. The van der Waals surface area contributed by atoms with Crippen LogP contribution in [0.5, 0.6) is 0 Å². The van der Waals surface area contributed by atoms with Gasteiger partial charge in [-0.05, 0) is 19.1 Å². The standard InChI is InChI=1S/C19H20N6O2S/c1-11-20-17-12-7-5-6-8-13(12)21-18(25(17)23-11)28-10-15(26)22-16-9-14(24-27-16)19(2,3)4/h5-9H,10H2,1-4H3,(H,22,26). The highest BCUT2D eigenvalue weighted by atomic mass is 32.2. The van der Waals surface area contributed by atoms with Crippen LogP contribution >= 0.6 is 11.8 Å². The monoisotopic (exact) mass is 396 g/mol. The van der Waals surface area contributed by atoms with E-state index in [9.17, 15) is 4.79 Å². The van der Waals surface area contributed by atoms with Crippen molar-refractivity contribution in [3.63, 3.8) is 0 Å². The van der Waals surface area contributed by atoms with Gasteiger partial charge >= 0.3 is 0 Å². The molecule has 0 aliphatic carbocycles. The molecule has 144 valence electrons. The molecule has 0 aliphatic heterocycles. The zero-order valence-corrected chi connectivity index (χ0v) is 16.9. The van der Waals surface area contributed by atoms with Crippen LogP contribution in [-0.2, 0) is 10.2 Å². The highest BCUT2D eigenvalue weighted by Crippen LogP contribution is 2.25. The molecule has 3 aromatic heterocycles. The second-order valence-electron chi connectivity index (χ2n) is 7.47. The van der Waals surface area contributed by atoms with Gasteiger partial charge in [-0.2, -0.15) is 4.52 Å². The van der Waals surface area contributed by atoms with E-state index in [0.29, 0.717) is 16.9 Å². The molecule has 8 nitrogen and oxygen atoms in total. The van der Waals surface area contributed by atoms with Crippen LogP contribution in [0.15, 0.2) is 40.0 Å². The van der Waals surface area contributed by atoms with Crippen LogP contribution < -0.4 is 5.32 Å². The van der Waals surface area contributed by atoms with Crippen molar-refractivity contribution in [3.05, 3.63) is 41.9 Å². The van der Waals surface area contributed by atoms with Crippen molar-refractivity contribution in [2.45, 2.75) is 38.3 Å². The van der Waals surface area contributed by atoms with E-state index >= 15 is 0 Å². The number of benzene rings is 1. The summed E-state index contributed by atoms with van der Waals surface area (Å²) in [6.45, 7) is 7.93. The number of anilines is 1. The minimum Gasteiger partial charge on any atom is -0.338 e. The third-order valence-corrected chi connectivity index (χ3v) is 5.06. The van der Waals surface area contributed by atoms with Crippen molar-refractivity contribution in [2.24, 2.45) is 0 Å². The summed E-state index contributed by atoms with van der Waals surface area (Å²) in [5.41, 5.74) is 2.19. The van der Waals surface area contributed by atoms with Gasteiger partial charge in [-0.1, -0.05) is 49.8 Å². The SMILES string of the molecule is Cc1nc2c3ccccc3nc(SCC(=O)Nc3cc(C(C)(C)C)no3)n2n1. The van der Waals surface area contributed by atoms with Gasteiger partial charge in [-0.15, -0.1) is 5.10 Å². The lowest BCUT2D eigenvalue weighted by Gasteiger charge is -2.12. The summed E-state index contributed by atoms with van der Waals surface area (Å²) in [4.78, 5) is 21.5. The number of aryl methyl sites for hydroxylation is 1. The smallest absolute Gasteiger partial charge is 0.237 e. The fraction of sp³-hybridized carbons (Fsp3) is 0.316. The summed E-state index contributed by atoms with van der Waals surface area (Å²) in [5, 5.41) is 12.7. The number of carbonyl (C=O) groups is 1. The van der Waals surface area contributed by atoms with Gasteiger partial charge in [0.05, 0.1) is 17.0 Å². The number of amides is 1. The molecule has 3 heterocycles. The van der Waals surface area contributed by atoms with Crippen LogP contribution in [0.2, 0.25) is 0 Å². The van der Waals surface area contributed by atoms with E-state index < -0.39 is 0 Å². The lowest BCUT2D eigenvalue weighted by Crippen LogP contribution is -2.14. The quantitative estimate of drug-likeness (QED) is 0.416. The van der Waals surface area contributed by atoms with Crippen LogP contribution in [0.1, 0.15) is 32.3 Å². The van der Waals surface area contributed by atoms with Gasteiger partial charge in [0, 0.05) is 16.9 Å². The minimum atomic E-state index is -0.207. The van der Waals surface area contributed by atoms with Crippen molar-refractivity contribution in [3.8, 4) is 0 Å². The van der Waals surface area contributed by atoms with Crippen LogP contribution in [0, 0.1) is 6.92 Å². The zero-order valence-electron chi connectivity index (χ0n) is 16.1. The molecule has 0 saturated heterocycles. The number of hydrogen-bond acceptors (Lipinski definition) is 7. The molecule has 0 saturated carbocycles. The predicted molar refractivity (Wildman–Crippen MR) is 108 cm³/mol. The second-order valence-corrected chi connectivity index (χ2v) is 8.41. The average molecular weight is 396 g/mol. The normalized spacial score (nSPS) is 12.0. The first-order valence-corrected chi connectivity index (χ1v) is 9.82. The maximum absolute atomic E-state index is 12.4. The molecular weight excluding hydrogens is 376 g/mol. The number of nitrogens with one attached hydrogen (secondary N) is 1. The first-order valence-electron chi connectivity index (χ1n) is 8.83. The van der Waals surface area contributed by atoms with Crippen molar-refractivity contribution >= 4 is 40.1 Å². The van der Waals surface area contributed by atoms with Crippen molar-refractivity contribution in [1.82, 2.24) is 24.7 Å². The van der Waals surface area contributed by atoms with E-state index in [-0.39, 0.29) is 17.1 Å². The molecule has 1 amide bonds. The molecule has 1 N–H and O–H groups in total. The van der Waals surface area contributed by atoms with E-state index in [1.54, 1.807) is 10.6 Å². The minimum absolute atomic E-state index is 0.146. The van der Waals surface area contributed by atoms with Crippen molar-refractivity contribution in [1.29, 1.82) is 0 Å². The van der Waals surface area contributed by atoms with Crippen LogP contribution in [0.3, 0.4) is 0 Å². The molecule has 28 heavy (non-hydrogen) atoms. The number of rotatable bonds is 4. The van der Waals surface area contributed by atoms with Crippen LogP contribution in [-0.4, -0.2) is 36.4 Å². The van der Waals surface area contributed by atoms with Gasteiger partial charge in [0.15, 0.2) is 10.8 Å². The molecule has 0 bridgehead atoms. The molecule has 0 fully saturated rings. The Kier molecular flexibility index (Phi) is 4.54. The summed E-state index contributed by atoms with van der Waals surface area (Å²) in [5.74, 6) is 0.941. The number of aromatic nitrogens is 5. The topological polar surface area (TPSA) is 98.2 Å². The maximum Gasteiger partial charge on any atom is 0.237 e. The first-order chi connectivity index (χ1) is 13.3.